The average Bonchev–Trinajstić information content (AvgIpc) is 3.10. The third kappa shape index (κ3) is 3.85. The Balaban J connectivity index is 1.58. The van der Waals surface area contributed by atoms with Crippen molar-refractivity contribution in [3.8, 4) is 0 Å². The summed E-state index contributed by atoms with van der Waals surface area (Å²) in [6.45, 7) is 6.99. The molecule has 2 aromatic heterocycles. The lowest BCUT2D eigenvalue weighted by Gasteiger charge is -2.26. The standard InChI is InChI=1S/C22H29N5O3/c1-3-18(21(28)23-9-6-10-26-11-13-30-14-12-26)27-19-8-5-4-7-16(19)17-15-24-25(2)22(29)20(17)27/h4-5,7-8,15,18H,3,6,9-14H2,1-2H3,(H,23,28)/t18-/m0/s1. The number of fused-ring (bicyclic) bond motifs is 3. The van der Waals surface area contributed by atoms with Gasteiger partial charge in [-0.1, -0.05) is 25.1 Å². The Hall–Kier alpha value is -2.71. The molecule has 0 radical (unpaired) electrons. The lowest BCUT2D eigenvalue weighted by Crippen LogP contribution is -2.39. The molecule has 1 aliphatic rings. The van der Waals surface area contributed by atoms with Crippen molar-refractivity contribution in [2.75, 3.05) is 39.4 Å². The van der Waals surface area contributed by atoms with Crippen LogP contribution in [0.2, 0.25) is 0 Å². The number of nitrogens with one attached hydrogen (secondary N) is 1. The minimum atomic E-state index is -0.453. The fourth-order valence-corrected chi connectivity index (χ4v) is 4.25. The summed E-state index contributed by atoms with van der Waals surface area (Å²) in [5.74, 6) is -0.0546. The van der Waals surface area contributed by atoms with Crippen molar-refractivity contribution in [3.05, 3.63) is 40.8 Å². The number of aryl methyl sites for hydroxylation is 1. The maximum absolute atomic E-state index is 13.1. The number of carbonyl (C=O) groups is 1. The number of amides is 1. The summed E-state index contributed by atoms with van der Waals surface area (Å²) in [5, 5.41) is 8.99. The second kappa shape index (κ2) is 8.97. The van der Waals surface area contributed by atoms with Crippen LogP contribution in [0.25, 0.3) is 21.8 Å². The largest absolute Gasteiger partial charge is 0.379 e. The maximum atomic E-state index is 13.1. The van der Waals surface area contributed by atoms with Gasteiger partial charge >= 0.3 is 0 Å². The molecule has 1 saturated heterocycles. The van der Waals surface area contributed by atoms with E-state index in [-0.39, 0.29) is 11.5 Å². The molecule has 1 fully saturated rings. The zero-order valence-electron chi connectivity index (χ0n) is 17.6. The molecule has 1 aromatic carbocycles. The molecule has 30 heavy (non-hydrogen) atoms. The highest BCUT2D eigenvalue weighted by Gasteiger charge is 2.25. The third-order valence-electron chi connectivity index (χ3n) is 5.86. The van der Waals surface area contributed by atoms with Gasteiger partial charge in [0, 0.05) is 37.5 Å². The number of ether oxygens (including phenoxy) is 1. The van der Waals surface area contributed by atoms with E-state index in [4.69, 9.17) is 4.74 Å². The van der Waals surface area contributed by atoms with E-state index in [2.05, 4.69) is 15.3 Å². The van der Waals surface area contributed by atoms with Gasteiger partial charge in [-0.3, -0.25) is 14.5 Å². The normalized spacial score (nSPS) is 16.2. The Kier molecular flexibility index (Phi) is 6.15. The van der Waals surface area contributed by atoms with Crippen LogP contribution in [0.15, 0.2) is 35.3 Å². The number of rotatable bonds is 7. The topological polar surface area (TPSA) is 81.4 Å². The van der Waals surface area contributed by atoms with E-state index < -0.39 is 6.04 Å². The molecule has 1 atom stereocenters. The van der Waals surface area contributed by atoms with Gasteiger partial charge in [-0.15, -0.1) is 0 Å². The third-order valence-corrected chi connectivity index (χ3v) is 5.86. The number of aromatic nitrogens is 3. The van der Waals surface area contributed by atoms with E-state index in [9.17, 15) is 9.59 Å². The summed E-state index contributed by atoms with van der Waals surface area (Å²) in [6.07, 6.45) is 3.19. The van der Waals surface area contributed by atoms with Crippen LogP contribution < -0.4 is 10.9 Å². The Labute approximate surface area is 175 Å². The van der Waals surface area contributed by atoms with Crippen LogP contribution in [0.1, 0.15) is 25.8 Å². The van der Waals surface area contributed by atoms with Crippen LogP contribution in [0.4, 0.5) is 0 Å². The van der Waals surface area contributed by atoms with Crippen LogP contribution in [0.5, 0.6) is 0 Å². The summed E-state index contributed by atoms with van der Waals surface area (Å²) in [6, 6.07) is 7.36. The smallest absolute Gasteiger partial charge is 0.291 e. The summed E-state index contributed by atoms with van der Waals surface area (Å²) < 4.78 is 8.59. The van der Waals surface area contributed by atoms with Gasteiger partial charge in [0.25, 0.3) is 5.56 Å². The average molecular weight is 412 g/mol. The first-order chi connectivity index (χ1) is 14.6. The minimum Gasteiger partial charge on any atom is -0.379 e. The predicted molar refractivity (Wildman–Crippen MR) is 117 cm³/mol. The molecule has 8 heteroatoms. The molecular weight excluding hydrogens is 382 g/mol. The van der Waals surface area contributed by atoms with E-state index >= 15 is 0 Å². The van der Waals surface area contributed by atoms with Crippen molar-refractivity contribution in [1.29, 1.82) is 0 Å². The molecule has 0 unspecified atom stereocenters. The number of hydrogen-bond donors (Lipinski definition) is 1. The summed E-state index contributed by atoms with van der Waals surface area (Å²) in [7, 11) is 1.64. The van der Waals surface area contributed by atoms with Gasteiger partial charge in [0.1, 0.15) is 11.6 Å². The van der Waals surface area contributed by atoms with Crippen molar-refractivity contribution in [2.45, 2.75) is 25.8 Å². The lowest BCUT2D eigenvalue weighted by molar-refractivity contribution is -0.124. The molecular formula is C22H29N5O3. The molecule has 160 valence electrons. The first-order valence-corrected chi connectivity index (χ1v) is 10.6. The molecule has 0 aliphatic carbocycles. The maximum Gasteiger partial charge on any atom is 0.291 e. The van der Waals surface area contributed by atoms with Crippen molar-refractivity contribution in [2.24, 2.45) is 7.05 Å². The molecule has 0 spiro atoms. The van der Waals surface area contributed by atoms with E-state index in [1.807, 2.05) is 35.8 Å². The van der Waals surface area contributed by atoms with Crippen LogP contribution in [0.3, 0.4) is 0 Å². The van der Waals surface area contributed by atoms with Crippen LogP contribution in [0, 0.1) is 0 Å². The number of para-hydroxylation sites is 1. The number of carbonyl (C=O) groups excluding carboxylic acids is 1. The van der Waals surface area contributed by atoms with Gasteiger partial charge in [0.15, 0.2) is 0 Å². The van der Waals surface area contributed by atoms with E-state index in [1.54, 1.807) is 13.2 Å². The van der Waals surface area contributed by atoms with E-state index in [0.29, 0.717) is 18.5 Å². The van der Waals surface area contributed by atoms with Gasteiger partial charge < -0.3 is 14.6 Å². The van der Waals surface area contributed by atoms with Crippen molar-refractivity contribution < 1.29 is 9.53 Å². The minimum absolute atomic E-state index is 0.0546. The quantitative estimate of drug-likeness (QED) is 0.598. The number of nitrogens with zero attached hydrogens (tertiary/aromatic N) is 4. The monoisotopic (exact) mass is 411 g/mol. The first-order valence-electron chi connectivity index (χ1n) is 10.6. The number of benzene rings is 1. The molecule has 3 aromatic rings. The van der Waals surface area contributed by atoms with Crippen LogP contribution >= 0.6 is 0 Å². The Bertz CT molecular complexity index is 1100. The SMILES string of the molecule is CC[C@@H](C(=O)NCCCN1CCOCC1)n1c2ccccc2c2cnn(C)c(=O)c21. The Morgan fingerprint density at radius 1 is 1.23 bits per heavy atom. The van der Waals surface area contributed by atoms with Crippen LogP contribution in [-0.2, 0) is 16.6 Å². The van der Waals surface area contributed by atoms with Crippen molar-refractivity contribution in [3.63, 3.8) is 0 Å². The fourth-order valence-electron chi connectivity index (χ4n) is 4.25. The zero-order valence-corrected chi connectivity index (χ0v) is 17.6. The van der Waals surface area contributed by atoms with Crippen LogP contribution in [-0.4, -0.2) is 64.5 Å². The number of hydrogen-bond acceptors (Lipinski definition) is 5. The molecule has 3 heterocycles. The second-order valence-corrected chi connectivity index (χ2v) is 7.75. The van der Waals surface area contributed by atoms with Gasteiger partial charge in [0.05, 0.1) is 24.9 Å². The molecule has 8 nitrogen and oxygen atoms in total. The van der Waals surface area contributed by atoms with Gasteiger partial charge in [-0.05, 0) is 25.5 Å². The fraction of sp³-hybridized carbons (Fsp3) is 0.500. The highest BCUT2D eigenvalue weighted by atomic mass is 16.5. The van der Waals surface area contributed by atoms with E-state index in [1.165, 1.54) is 4.68 Å². The molecule has 1 N–H and O–H groups in total. The molecule has 0 saturated carbocycles. The molecule has 4 rings (SSSR count). The Morgan fingerprint density at radius 3 is 2.77 bits per heavy atom. The second-order valence-electron chi connectivity index (χ2n) is 7.75. The van der Waals surface area contributed by atoms with Crippen molar-refractivity contribution >= 4 is 27.7 Å². The van der Waals surface area contributed by atoms with E-state index in [0.717, 1.165) is 55.6 Å². The summed E-state index contributed by atoms with van der Waals surface area (Å²) >= 11 is 0. The Morgan fingerprint density at radius 2 is 2.00 bits per heavy atom. The zero-order chi connectivity index (χ0) is 21.1. The van der Waals surface area contributed by atoms with Crippen molar-refractivity contribution in [1.82, 2.24) is 24.6 Å². The van der Waals surface area contributed by atoms with Gasteiger partial charge in [-0.25, -0.2) is 4.68 Å². The van der Waals surface area contributed by atoms with Gasteiger partial charge in [0.2, 0.25) is 5.91 Å². The summed E-state index contributed by atoms with van der Waals surface area (Å²) in [5.41, 5.74) is 1.22. The highest BCUT2D eigenvalue weighted by molar-refractivity contribution is 6.08. The molecule has 1 amide bonds. The van der Waals surface area contributed by atoms with Gasteiger partial charge in [-0.2, -0.15) is 5.10 Å². The number of morpholine rings is 1. The molecule has 0 bridgehead atoms. The molecule has 1 aliphatic heterocycles. The predicted octanol–water partition coefficient (Wildman–Crippen LogP) is 1.68. The first kappa shape index (κ1) is 20.6. The highest BCUT2D eigenvalue weighted by Crippen LogP contribution is 2.30. The summed E-state index contributed by atoms with van der Waals surface area (Å²) in [4.78, 5) is 28.4. The lowest BCUT2D eigenvalue weighted by atomic mass is 10.2.